The van der Waals surface area contributed by atoms with Gasteiger partial charge in [-0.05, 0) is 12.1 Å². The van der Waals surface area contributed by atoms with E-state index in [4.69, 9.17) is 23.2 Å². The quantitative estimate of drug-likeness (QED) is 0.781. The number of hydrogen-bond acceptors (Lipinski definition) is 2. The van der Waals surface area contributed by atoms with Gasteiger partial charge in [0.2, 0.25) is 0 Å². The van der Waals surface area contributed by atoms with Crippen LogP contribution in [0, 0.1) is 0 Å². The van der Waals surface area contributed by atoms with Crippen molar-refractivity contribution in [1.82, 2.24) is 14.8 Å². The van der Waals surface area contributed by atoms with Crippen molar-refractivity contribution in [1.29, 1.82) is 0 Å². The van der Waals surface area contributed by atoms with Crippen molar-refractivity contribution in [2.45, 2.75) is 32.1 Å². The summed E-state index contributed by atoms with van der Waals surface area (Å²) in [6.07, 6.45) is 1.71. The summed E-state index contributed by atoms with van der Waals surface area (Å²) in [6, 6.07) is 5.62. The van der Waals surface area contributed by atoms with E-state index >= 15 is 0 Å². The Balaban J connectivity index is 2.61. The largest absolute Gasteiger partial charge is 0.237 e. The van der Waals surface area contributed by atoms with Gasteiger partial charge in [-0.2, -0.15) is 5.10 Å². The van der Waals surface area contributed by atoms with E-state index in [-0.39, 0.29) is 5.41 Å². The smallest absolute Gasteiger partial charge is 0.155 e. The van der Waals surface area contributed by atoms with Crippen LogP contribution in [0.2, 0.25) is 5.15 Å². The molecule has 18 heavy (non-hydrogen) atoms. The number of rotatable bonds is 2. The Labute approximate surface area is 117 Å². The summed E-state index contributed by atoms with van der Waals surface area (Å²) in [7, 11) is 0. The van der Waals surface area contributed by atoms with Crippen LogP contribution in [0.3, 0.4) is 0 Å². The summed E-state index contributed by atoms with van der Waals surface area (Å²) in [5, 5.41) is 5.10. The van der Waals surface area contributed by atoms with Gasteiger partial charge in [-0.25, -0.2) is 9.67 Å². The summed E-state index contributed by atoms with van der Waals surface area (Å²) < 4.78 is 1.64. The number of halogens is 2. The van der Waals surface area contributed by atoms with Crippen LogP contribution in [0.15, 0.2) is 24.4 Å². The van der Waals surface area contributed by atoms with Crippen molar-refractivity contribution in [2.75, 3.05) is 0 Å². The van der Waals surface area contributed by atoms with E-state index in [2.05, 4.69) is 30.9 Å². The fraction of sp³-hybridized carbons (Fsp3) is 0.385. The van der Waals surface area contributed by atoms with Crippen molar-refractivity contribution in [2.24, 2.45) is 0 Å². The summed E-state index contributed by atoms with van der Waals surface area (Å²) in [5.74, 6) is 1.04. The van der Waals surface area contributed by atoms with E-state index in [9.17, 15) is 0 Å². The van der Waals surface area contributed by atoms with E-state index in [1.807, 2.05) is 18.2 Å². The van der Waals surface area contributed by atoms with Crippen molar-refractivity contribution in [3.63, 3.8) is 0 Å². The second kappa shape index (κ2) is 4.90. The molecule has 2 rings (SSSR count). The summed E-state index contributed by atoms with van der Waals surface area (Å²) >= 11 is 12.3. The highest BCUT2D eigenvalue weighted by Crippen LogP contribution is 2.32. The molecule has 0 fully saturated rings. The van der Waals surface area contributed by atoms with Gasteiger partial charge < -0.3 is 0 Å². The molecule has 3 nitrogen and oxygen atoms in total. The fourth-order valence-electron chi connectivity index (χ4n) is 1.78. The van der Waals surface area contributed by atoms with Crippen molar-refractivity contribution in [3.8, 4) is 5.82 Å². The minimum Gasteiger partial charge on any atom is -0.237 e. The number of alkyl halides is 1. The van der Waals surface area contributed by atoms with Gasteiger partial charge in [0, 0.05) is 17.2 Å². The van der Waals surface area contributed by atoms with Crippen LogP contribution in [-0.4, -0.2) is 14.8 Å². The molecule has 0 atom stereocenters. The lowest BCUT2D eigenvalue weighted by Gasteiger charge is -2.16. The minimum absolute atomic E-state index is 0.103. The van der Waals surface area contributed by atoms with Crippen molar-refractivity contribution in [3.05, 3.63) is 40.8 Å². The first-order valence-electron chi connectivity index (χ1n) is 5.70. The van der Waals surface area contributed by atoms with Crippen LogP contribution in [0.4, 0.5) is 0 Å². The molecular formula is C13H15Cl2N3. The van der Waals surface area contributed by atoms with Crippen LogP contribution in [0.25, 0.3) is 5.82 Å². The highest BCUT2D eigenvalue weighted by molar-refractivity contribution is 6.31. The van der Waals surface area contributed by atoms with Crippen molar-refractivity contribution >= 4 is 23.2 Å². The third kappa shape index (κ3) is 2.38. The van der Waals surface area contributed by atoms with Crippen LogP contribution < -0.4 is 0 Å². The fourth-order valence-corrected chi connectivity index (χ4v) is 2.38. The van der Waals surface area contributed by atoms with Gasteiger partial charge in [0.1, 0.15) is 5.15 Å². The number of aromatic nitrogens is 3. The molecule has 0 spiro atoms. The molecule has 0 N–H and O–H groups in total. The molecule has 96 valence electrons. The lowest BCUT2D eigenvalue weighted by molar-refractivity contribution is 0.556. The molecule has 0 bridgehead atoms. The zero-order valence-corrected chi connectivity index (χ0v) is 12.1. The average molecular weight is 284 g/mol. The maximum atomic E-state index is 6.35. The first kappa shape index (κ1) is 13.4. The lowest BCUT2D eigenvalue weighted by atomic mass is 9.90. The molecule has 5 heteroatoms. The van der Waals surface area contributed by atoms with Gasteiger partial charge in [-0.3, -0.25) is 0 Å². The molecule has 2 aromatic heterocycles. The molecule has 2 aromatic rings. The number of pyridine rings is 1. The molecule has 0 aliphatic heterocycles. The topological polar surface area (TPSA) is 30.7 Å². The zero-order valence-electron chi connectivity index (χ0n) is 10.6. The minimum atomic E-state index is -0.103. The Morgan fingerprint density at radius 2 is 2.00 bits per heavy atom. The van der Waals surface area contributed by atoms with Gasteiger partial charge >= 0.3 is 0 Å². The van der Waals surface area contributed by atoms with Crippen LogP contribution >= 0.6 is 23.2 Å². The van der Waals surface area contributed by atoms with E-state index in [0.29, 0.717) is 16.9 Å². The average Bonchev–Trinajstić information content (AvgIpc) is 2.67. The molecule has 0 aliphatic carbocycles. The van der Waals surface area contributed by atoms with Gasteiger partial charge in [0.15, 0.2) is 5.82 Å². The SMILES string of the molecule is CC(C)(C)c1nn(-c2ccccn2)c(Cl)c1CCl. The van der Waals surface area contributed by atoms with Crippen LogP contribution in [-0.2, 0) is 11.3 Å². The molecular weight excluding hydrogens is 269 g/mol. The highest BCUT2D eigenvalue weighted by atomic mass is 35.5. The van der Waals surface area contributed by atoms with Crippen LogP contribution in [0.1, 0.15) is 32.0 Å². The second-order valence-corrected chi connectivity index (χ2v) is 5.73. The molecule has 0 saturated carbocycles. The van der Waals surface area contributed by atoms with E-state index in [1.54, 1.807) is 10.9 Å². The first-order valence-corrected chi connectivity index (χ1v) is 6.61. The molecule has 0 saturated heterocycles. The molecule has 0 amide bonds. The number of hydrogen-bond donors (Lipinski definition) is 0. The molecule has 0 unspecified atom stereocenters. The van der Waals surface area contributed by atoms with Gasteiger partial charge in [0.05, 0.1) is 11.6 Å². The summed E-state index contributed by atoms with van der Waals surface area (Å²) in [6.45, 7) is 6.26. The maximum Gasteiger partial charge on any atom is 0.155 e. The van der Waals surface area contributed by atoms with Crippen molar-refractivity contribution < 1.29 is 0 Å². The highest BCUT2D eigenvalue weighted by Gasteiger charge is 2.26. The predicted molar refractivity (Wildman–Crippen MR) is 74.6 cm³/mol. The van der Waals surface area contributed by atoms with Gasteiger partial charge in [-0.15, -0.1) is 11.6 Å². The predicted octanol–water partition coefficient (Wildman–Crippen LogP) is 3.96. The Morgan fingerprint density at radius 1 is 1.28 bits per heavy atom. The Bertz CT molecular complexity index is 541. The molecule has 0 radical (unpaired) electrons. The van der Waals surface area contributed by atoms with Gasteiger partial charge in [0.25, 0.3) is 0 Å². The third-order valence-corrected chi connectivity index (χ3v) is 3.29. The van der Waals surface area contributed by atoms with Gasteiger partial charge in [-0.1, -0.05) is 38.4 Å². The monoisotopic (exact) mass is 283 g/mol. The van der Waals surface area contributed by atoms with E-state index < -0.39 is 0 Å². The number of nitrogens with zero attached hydrogens (tertiary/aromatic N) is 3. The second-order valence-electron chi connectivity index (χ2n) is 5.10. The normalized spacial score (nSPS) is 11.8. The Morgan fingerprint density at radius 3 is 2.44 bits per heavy atom. The standard InChI is InChI=1S/C13H15Cl2N3/c1-13(2,3)11-9(8-14)12(15)18(17-11)10-6-4-5-7-16-10/h4-7H,8H2,1-3H3. The van der Waals surface area contributed by atoms with E-state index in [1.165, 1.54) is 0 Å². The van der Waals surface area contributed by atoms with Crippen LogP contribution in [0.5, 0.6) is 0 Å². The summed E-state index contributed by atoms with van der Waals surface area (Å²) in [5.41, 5.74) is 1.68. The third-order valence-electron chi connectivity index (χ3n) is 2.63. The molecule has 0 aromatic carbocycles. The first-order chi connectivity index (χ1) is 8.45. The Kier molecular flexibility index (Phi) is 3.64. The summed E-state index contributed by atoms with van der Waals surface area (Å²) in [4.78, 5) is 4.25. The maximum absolute atomic E-state index is 6.35. The zero-order chi connectivity index (χ0) is 13.3. The molecule has 2 heterocycles. The lowest BCUT2D eigenvalue weighted by Crippen LogP contribution is -2.14. The Hall–Kier alpha value is -1.06. The van der Waals surface area contributed by atoms with E-state index in [0.717, 1.165) is 11.3 Å². The molecule has 0 aliphatic rings.